The SMILES string of the molecule is CN1CC(=O)OB(CC(F)(F)Cc2ccccc2)OC(=O)C1. The van der Waals surface area contributed by atoms with Crippen LogP contribution in [0.3, 0.4) is 0 Å². The topological polar surface area (TPSA) is 55.8 Å². The maximum atomic E-state index is 14.1. The Kier molecular flexibility index (Phi) is 5.13. The van der Waals surface area contributed by atoms with Gasteiger partial charge in [0.1, 0.15) is 0 Å². The largest absolute Gasteiger partial charge is 0.604 e. The van der Waals surface area contributed by atoms with E-state index < -0.39 is 37.7 Å². The minimum atomic E-state index is -3.16. The first-order valence-electron chi connectivity index (χ1n) is 6.83. The van der Waals surface area contributed by atoms with Crippen LogP contribution in [0, 0.1) is 0 Å². The van der Waals surface area contributed by atoms with E-state index in [1.54, 1.807) is 30.3 Å². The Hall–Kier alpha value is -1.96. The molecule has 1 aliphatic rings. The van der Waals surface area contributed by atoms with E-state index in [9.17, 15) is 18.4 Å². The van der Waals surface area contributed by atoms with Crippen LogP contribution in [0.15, 0.2) is 30.3 Å². The maximum absolute atomic E-state index is 14.1. The van der Waals surface area contributed by atoms with Crippen molar-refractivity contribution in [3.05, 3.63) is 35.9 Å². The van der Waals surface area contributed by atoms with Gasteiger partial charge >= 0.3 is 19.1 Å². The Morgan fingerprint density at radius 1 is 1.14 bits per heavy atom. The van der Waals surface area contributed by atoms with E-state index >= 15 is 0 Å². The molecule has 0 amide bonds. The van der Waals surface area contributed by atoms with Crippen molar-refractivity contribution in [1.29, 1.82) is 0 Å². The minimum absolute atomic E-state index is 0.143. The lowest BCUT2D eigenvalue weighted by molar-refractivity contribution is -0.146. The summed E-state index contributed by atoms with van der Waals surface area (Å²) in [5.74, 6) is -4.55. The molecule has 8 heteroatoms. The molecule has 0 N–H and O–H groups in total. The fourth-order valence-electron chi connectivity index (χ4n) is 2.18. The number of carbonyl (C=O) groups is 2. The van der Waals surface area contributed by atoms with Crippen molar-refractivity contribution in [2.75, 3.05) is 20.1 Å². The lowest BCUT2D eigenvalue weighted by Gasteiger charge is -2.24. The first-order valence-corrected chi connectivity index (χ1v) is 6.83. The van der Waals surface area contributed by atoms with Gasteiger partial charge in [-0.1, -0.05) is 30.3 Å². The summed E-state index contributed by atoms with van der Waals surface area (Å²) in [4.78, 5) is 24.4. The van der Waals surface area contributed by atoms with Crippen LogP contribution in [0.1, 0.15) is 5.56 Å². The van der Waals surface area contributed by atoms with Crippen LogP contribution < -0.4 is 0 Å². The lowest BCUT2D eigenvalue weighted by atomic mass is 9.79. The van der Waals surface area contributed by atoms with Gasteiger partial charge in [-0.15, -0.1) is 0 Å². The molecule has 118 valence electrons. The summed E-state index contributed by atoms with van der Waals surface area (Å²) < 4.78 is 37.7. The maximum Gasteiger partial charge on any atom is 0.604 e. The number of benzene rings is 1. The van der Waals surface area contributed by atoms with Crippen LogP contribution in [-0.2, 0) is 25.3 Å². The first-order chi connectivity index (χ1) is 10.3. The molecular formula is C14H16BF2NO4. The molecule has 1 aromatic carbocycles. The Labute approximate surface area is 127 Å². The normalized spacial score (nSPS) is 17.5. The highest BCUT2D eigenvalue weighted by Gasteiger charge is 2.42. The van der Waals surface area contributed by atoms with Crippen molar-refractivity contribution in [2.24, 2.45) is 0 Å². The van der Waals surface area contributed by atoms with Gasteiger partial charge in [0, 0.05) is 6.42 Å². The zero-order valence-corrected chi connectivity index (χ0v) is 12.1. The molecule has 1 saturated heterocycles. The smallest absolute Gasteiger partial charge is 0.498 e. The predicted octanol–water partition coefficient (Wildman–Crippen LogP) is 1.38. The fraction of sp³-hybridized carbons (Fsp3) is 0.429. The summed E-state index contributed by atoms with van der Waals surface area (Å²) in [5, 5.41) is 0. The quantitative estimate of drug-likeness (QED) is 0.787. The number of alkyl halides is 2. The average Bonchev–Trinajstić information content (AvgIpc) is 2.36. The molecule has 1 heterocycles. The van der Waals surface area contributed by atoms with Gasteiger partial charge in [0.25, 0.3) is 5.92 Å². The third kappa shape index (κ3) is 5.11. The summed E-state index contributed by atoms with van der Waals surface area (Å²) in [6.45, 7) is -0.286. The van der Waals surface area contributed by atoms with Gasteiger partial charge in [-0.3, -0.25) is 14.5 Å². The second kappa shape index (κ2) is 6.87. The van der Waals surface area contributed by atoms with Crippen LogP contribution in [0.4, 0.5) is 8.78 Å². The number of nitrogens with zero attached hydrogens (tertiary/aromatic N) is 1. The van der Waals surface area contributed by atoms with E-state index in [0.29, 0.717) is 5.56 Å². The molecule has 5 nitrogen and oxygen atoms in total. The molecule has 0 unspecified atom stereocenters. The number of hydrogen-bond donors (Lipinski definition) is 0. The molecule has 2 rings (SSSR count). The number of likely N-dealkylation sites (N-methyl/N-ethyl adjacent to an activating group) is 1. The summed E-state index contributed by atoms with van der Waals surface area (Å²) in [5.41, 5.74) is 0.454. The minimum Gasteiger partial charge on any atom is -0.498 e. The summed E-state index contributed by atoms with van der Waals surface area (Å²) >= 11 is 0. The number of carbonyl (C=O) groups excluding carboxylic acids is 2. The van der Waals surface area contributed by atoms with Gasteiger partial charge in [-0.2, -0.15) is 0 Å². The summed E-state index contributed by atoms with van der Waals surface area (Å²) in [7, 11) is -0.0280. The molecule has 0 atom stereocenters. The zero-order valence-electron chi connectivity index (χ0n) is 12.1. The molecule has 1 aromatic rings. The van der Waals surface area contributed by atoms with Crippen molar-refractivity contribution in [3.8, 4) is 0 Å². The molecule has 0 spiro atoms. The van der Waals surface area contributed by atoms with Gasteiger partial charge in [-0.05, 0) is 12.6 Å². The molecule has 1 fully saturated rings. The van der Waals surface area contributed by atoms with E-state index in [1.165, 1.54) is 11.9 Å². The molecular weight excluding hydrogens is 295 g/mol. The van der Waals surface area contributed by atoms with E-state index in [2.05, 4.69) is 0 Å². The third-order valence-corrected chi connectivity index (χ3v) is 3.09. The highest BCUT2D eigenvalue weighted by Crippen LogP contribution is 2.27. The fourth-order valence-corrected chi connectivity index (χ4v) is 2.18. The summed E-state index contributed by atoms with van der Waals surface area (Å²) in [6, 6.07) is 8.22. The first kappa shape index (κ1) is 16.4. The van der Waals surface area contributed by atoms with Crippen LogP contribution in [0.2, 0.25) is 6.32 Å². The van der Waals surface area contributed by atoms with E-state index in [0.717, 1.165) is 0 Å². The molecule has 22 heavy (non-hydrogen) atoms. The second-order valence-electron chi connectivity index (χ2n) is 5.30. The number of halogens is 2. The van der Waals surface area contributed by atoms with Gasteiger partial charge < -0.3 is 9.31 Å². The highest BCUT2D eigenvalue weighted by molar-refractivity contribution is 6.49. The lowest BCUT2D eigenvalue weighted by Crippen LogP contribution is -2.44. The third-order valence-electron chi connectivity index (χ3n) is 3.09. The van der Waals surface area contributed by atoms with E-state index in [1.807, 2.05) is 0 Å². The monoisotopic (exact) mass is 311 g/mol. The predicted molar refractivity (Wildman–Crippen MR) is 75.3 cm³/mol. The van der Waals surface area contributed by atoms with Crippen LogP contribution in [-0.4, -0.2) is 50.0 Å². The van der Waals surface area contributed by atoms with Crippen molar-refractivity contribution >= 4 is 19.1 Å². The van der Waals surface area contributed by atoms with Gasteiger partial charge in [0.05, 0.1) is 19.4 Å². The summed E-state index contributed by atoms with van der Waals surface area (Å²) in [6.07, 6.45) is -1.37. The Balaban J connectivity index is 2.00. The Morgan fingerprint density at radius 2 is 1.68 bits per heavy atom. The molecule has 0 bridgehead atoms. The van der Waals surface area contributed by atoms with Crippen LogP contribution >= 0.6 is 0 Å². The highest BCUT2D eigenvalue weighted by atomic mass is 19.3. The zero-order chi connectivity index (χ0) is 16.2. The van der Waals surface area contributed by atoms with Gasteiger partial charge in [0.15, 0.2) is 0 Å². The number of hydrogen-bond acceptors (Lipinski definition) is 5. The Morgan fingerprint density at radius 3 is 2.23 bits per heavy atom. The van der Waals surface area contributed by atoms with Crippen molar-refractivity contribution < 1.29 is 27.7 Å². The van der Waals surface area contributed by atoms with Crippen molar-refractivity contribution in [2.45, 2.75) is 18.7 Å². The van der Waals surface area contributed by atoms with Crippen molar-refractivity contribution in [3.63, 3.8) is 0 Å². The molecule has 0 saturated carbocycles. The molecule has 0 aliphatic carbocycles. The number of rotatable bonds is 4. The van der Waals surface area contributed by atoms with Crippen molar-refractivity contribution in [1.82, 2.24) is 4.90 Å². The average molecular weight is 311 g/mol. The molecule has 0 aromatic heterocycles. The van der Waals surface area contributed by atoms with E-state index in [4.69, 9.17) is 9.31 Å². The van der Waals surface area contributed by atoms with Crippen LogP contribution in [0.25, 0.3) is 0 Å². The van der Waals surface area contributed by atoms with Crippen LogP contribution in [0.5, 0.6) is 0 Å². The van der Waals surface area contributed by atoms with Gasteiger partial charge in [0.2, 0.25) is 0 Å². The Bertz CT molecular complexity index is 521. The second-order valence-corrected chi connectivity index (χ2v) is 5.30. The van der Waals surface area contributed by atoms with E-state index in [-0.39, 0.29) is 13.1 Å². The molecule has 0 radical (unpaired) electrons. The molecule has 1 aliphatic heterocycles. The standard InChI is InChI=1S/C14H16BF2NO4/c1-18-8-12(19)21-15(22-13(20)9-18)10-14(16,17)7-11-5-3-2-4-6-11/h2-6H,7-10H2,1H3. The van der Waals surface area contributed by atoms with Gasteiger partial charge in [-0.25, -0.2) is 8.78 Å².